The van der Waals surface area contributed by atoms with Crippen LogP contribution in [0.25, 0.3) is 0 Å². The fourth-order valence-corrected chi connectivity index (χ4v) is 4.53. The number of aliphatic hydroxyl groups is 1. The van der Waals surface area contributed by atoms with Gasteiger partial charge in [-0.1, -0.05) is 6.07 Å². The number of thiophene rings is 1. The highest BCUT2D eigenvalue weighted by Crippen LogP contribution is 2.30. The molecule has 0 bridgehead atoms. The molecule has 1 aliphatic heterocycles. The molecule has 0 aliphatic carbocycles. The Hall–Kier alpha value is -1.74. The predicted molar refractivity (Wildman–Crippen MR) is 92.6 cm³/mol. The van der Waals surface area contributed by atoms with Gasteiger partial charge in [0.1, 0.15) is 6.10 Å². The first kappa shape index (κ1) is 17.1. The molecule has 128 valence electrons. The Labute approximate surface area is 144 Å². The first-order valence-electron chi connectivity index (χ1n) is 7.50. The summed E-state index contributed by atoms with van der Waals surface area (Å²) in [7, 11) is -3.71. The molecule has 8 heteroatoms. The van der Waals surface area contributed by atoms with Crippen LogP contribution in [0.5, 0.6) is 0 Å². The van der Waals surface area contributed by atoms with Gasteiger partial charge in [-0.2, -0.15) is 0 Å². The van der Waals surface area contributed by atoms with Gasteiger partial charge in [0.15, 0.2) is 0 Å². The smallest absolute Gasteiger partial charge is 0.240 e. The zero-order chi connectivity index (χ0) is 17.3. The van der Waals surface area contributed by atoms with Gasteiger partial charge < -0.3 is 10.0 Å². The molecule has 24 heavy (non-hydrogen) atoms. The predicted octanol–water partition coefficient (Wildman–Crippen LogP) is 1.67. The minimum absolute atomic E-state index is 0.0541. The molecule has 2 aromatic rings. The van der Waals surface area contributed by atoms with Crippen LogP contribution in [0.2, 0.25) is 0 Å². The molecule has 0 fully saturated rings. The average molecular weight is 366 g/mol. The maximum atomic E-state index is 12.4. The lowest BCUT2D eigenvalue weighted by atomic mass is 10.2. The standard InChI is InChI=1S/C16H18N2O4S2/c1-11(19)18-7-6-12-9-13(4-5-14(12)18)24(21,22)17-10-15(20)16-3-2-8-23-16/h2-5,8-9,15,17,20H,6-7,10H2,1H3. The van der Waals surface area contributed by atoms with Gasteiger partial charge in [-0.25, -0.2) is 13.1 Å². The molecule has 2 heterocycles. The maximum absolute atomic E-state index is 12.4. The number of hydrogen-bond donors (Lipinski definition) is 2. The quantitative estimate of drug-likeness (QED) is 0.843. The van der Waals surface area contributed by atoms with Crippen molar-refractivity contribution in [2.75, 3.05) is 18.0 Å². The monoisotopic (exact) mass is 366 g/mol. The molecule has 3 rings (SSSR count). The molecule has 0 saturated carbocycles. The van der Waals surface area contributed by atoms with Crippen molar-refractivity contribution in [1.29, 1.82) is 0 Å². The summed E-state index contributed by atoms with van der Waals surface area (Å²) in [4.78, 5) is 14.0. The van der Waals surface area contributed by atoms with Crippen LogP contribution in [0.3, 0.4) is 0 Å². The van der Waals surface area contributed by atoms with Crippen molar-refractivity contribution in [1.82, 2.24) is 4.72 Å². The van der Waals surface area contributed by atoms with Crippen LogP contribution in [0.1, 0.15) is 23.5 Å². The van der Waals surface area contributed by atoms with Gasteiger partial charge in [0.25, 0.3) is 0 Å². The van der Waals surface area contributed by atoms with E-state index in [-0.39, 0.29) is 17.3 Å². The molecular weight excluding hydrogens is 348 g/mol. The van der Waals surface area contributed by atoms with E-state index in [4.69, 9.17) is 0 Å². The molecule has 1 aromatic carbocycles. The lowest BCUT2D eigenvalue weighted by Gasteiger charge is -2.15. The number of rotatable bonds is 5. The van der Waals surface area contributed by atoms with Gasteiger partial charge in [-0.15, -0.1) is 11.3 Å². The number of nitrogens with zero attached hydrogens (tertiary/aromatic N) is 1. The van der Waals surface area contributed by atoms with Gasteiger partial charge in [0.05, 0.1) is 4.90 Å². The molecule has 1 atom stereocenters. The van der Waals surface area contributed by atoms with E-state index in [1.54, 1.807) is 29.2 Å². The normalized spacial score (nSPS) is 15.3. The first-order chi connectivity index (χ1) is 11.4. The highest BCUT2D eigenvalue weighted by atomic mass is 32.2. The summed E-state index contributed by atoms with van der Waals surface area (Å²) in [5, 5.41) is 11.8. The van der Waals surface area contributed by atoms with E-state index in [2.05, 4.69) is 4.72 Å². The fourth-order valence-electron chi connectivity index (χ4n) is 2.73. The summed E-state index contributed by atoms with van der Waals surface area (Å²) in [6, 6.07) is 8.31. The van der Waals surface area contributed by atoms with Crippen LogP contribution in [0.15, 0.2) is 40.6 Å². The summed E-state index contributed by atoms with van der Waals surface area (Å²) >= 11 is 1.37. The topological polar surface area (TPSA) is 86.7 Å². The second kappa shape index (κ2) is 6.64. The third-order valence-corrected chi connectivity index (χ3v) is 6.37. The number of benzene rings is 1. The number of fused-ring (bicyclic) bond motifs is 1. The fraction of sp³-hybridized carbons (Fsp3) is 0.312. The Morgan fingerprint density at radius 1 is 1.42 bits per heavy atom. The van der Waals surface area contributed by atoms with Crippen molar-refractivity contribution < 1.29 is 18.3 Å². The summed E-state index contributed by atoms with van der Waals surface area (Å²) in [6.45, 7) is 1.98. The molecule has 1 amide bonds. The highest BCUT2D eigenvalue weighted by Gasteiger charge is 2.25. The van der Waals surface area contributed by atoms with Gasteiger partial charge in [0, 0.05) is 30.6 Å². The maximum Gasteiger partial charge on any atom is 0.240 e. The third kappa shape index (κ3) is 3.36. The number of anilines is 1. The second-order valence-electron chi connectivity index (χ2n) is 5.59. The molecular formula is C16H18N2O4S2. The first-order valence-corrected chi connectivity index (χ1v) is 9.87. The van der Waals surface area contributed by atoms with Crippen molar-refractivity contribution >= 4 is 33.0 Å². The van der Waals surface area contributed by atoms with Gasteiger partial charge >= 0.3 is 0 Å². The van der Waals surface area contributed by atoms with Crippen molar-refractivity contribution in [2.24, 2.45) is 0 Å². The van der Waals surface area contributed by atoms with Crippen molar-refractivity contribution in [3.63, 3.8) is 0 Å². The number of sulfonamides is 1. The summed E-state index contributed by atoms with van der Waals surface area (Å²) in [6.07, 6.45) is -0.238. The van der Waals surface area contributed by atoms with Gasteiger partial charge in [-0.3, -0.25) is 4.79 Å². The minimum atomic E-state index is -3.71. The Bertz CT molecular complexity index is 847. The van der Waals surface area contributed by atoms with E-state index in [1.807, 2.05) is 5.38 Å². The average Bonchev–Trinajstić information content (AvgIpc) is 3.21. The van der Waals surface area contributed by atoms with Crippen molar-refractivity contribution in [2.45, 2.75) is 24.3 Å². The Kier molecular flexibility index (Phi) is 4.73. The van der Waals surface area contributed by atoms with Crippen LogP contribution in [-0.2, 0) is 21.2 Å². The number of carbonyl (C=O) groups excluding carboxylic acids is 1. The van der Waals surface area contributed by atoms with Crippen molar-refractivity contribution in [3.8, 4) is 0 Å². The molecule has 1 aliphatic rings. The SMILES string of the molecule is CC(=O)N1CCc2cc(S(=O)(=O)NCC(O)c3cccs3)ccc21. The summed E-state index contributed by atoms with van der Waals surface area (Å²) in [5.41, 5.74) is 1.60. The van der Waals surface area contributed by atoms with Crippen LogP contribution in [0, 0.1) is 0 Å². The summed E-state index contributed by atoms with van der Waals surface area (Å²) < 4.78 is 27.3. The van der Waals surface area contributed by atoms with Crippen LogP contribution in [-0.4, -0.2) is 32.5 Å². The zero-order valence-electron chi connectivity index (χ0n) is 13.1. The van der Waals surface area contributed by atoms with E-state index >= 15 is 0 Å². The second-order valence-corrected chi connectivity index (χ2v) is 8.34. The van der Waals surface area contributed by atoms with E-state index in [9.17, 15) is 18.3 Å². The van der Waals surface area contributed by atoms with Crippen LogP contribution >= 0.6 is 11.3 Å². The number of nitrogens with one attached hydrogen (secondary N) is 1. The lowest BCUT2D eigenvalue weighted by molar-refractivity contribution is -0.116. The van der Waals surface area contributed by atoms with Gasteiger partial charge in [0.2, 0.25) is 15.9 Å². The number of aliphatic hydroxyl groups excluding tert-OH is 1. The van der Waals surface area contributed by atoms with E-state index < -0.39 is 16.1 Å². The van der Waals surface area contributed by atoms with E-state index in [0.29, 0.717) is 17.8 Å². The van der Waals surface area contributed by atoms with Crippen LogP contribution < -0.4 is 9.62 Å². The lowest BCUT2D eigenvalue weighted by Crippen LogP contribution is -2.28. The number of hydrogen-bond acceptors (Lipinski definition) is 5. The van der Waals surface area contributed by atoms with E-state index in [1.165, 1.54) is 24.3 Å². The van der Waals surface area contributed by atoms with Gasteiger partial charge in [-0.05, 0) is 41.6 Å². The molecule has 1 aromatic heterocycles. The highest BCUT2D eigenvalue weighted by molar-refractivity contribution is 7.89. The minimum Gasteiger partial charge on any atom is -0.386 e. The Morgan fingerprint density at radius 3 is 2.88 bits per heavy atom. The molecule has 0 radical (unpaired) electrons. The Balaban J connectivity index is 1.75. The van der Waals surface area contributed by atoms with Crippen molar-refractivity contribution in [3.05, 3.63) is 46.2 Å². The van der Waals surface area contributed by atoms with E-state index in [0.717, 1.165) is 11.3 Å². The molecule has 0 saturated heterocycles. The molecule has 6 nitrogen and oxygen atoms in total. The molecule has 0 spiro atoms. The summed E-state index contributed by atoms with van der Waals surface area (Å²) in [5.74, 6) is -0.0541. The Morgan fingerprint density at radius 2 is 2.21 bits per heavy atom. The molecule has 1 unspecified atom stereocenters. The number of carbonyl (C=O) groups is 1. The molecule has 2 N–H and O–H groups in total. The number of amides is 1. The largest absolute Gasteiger partial charge is 0.386 e. The van der Waals surface area contributed by atoms with Crippen LogP contribution in [0.4, 0.5) is 5.69 Å². The zero-order valence-corrected chi connectivity index (χ0v) is 14.7. The third-order valence-electron chi connectivity index (χ3n) is 3.98.